The molecule has 8 heteroatoms. The van der Waals surface area contributed by atoms with Crippen LogP contribution in [0.25, 0.3) is 0 Å². The minimum atomic E-state index is -0.209. The van der Waals surface area contributed by atoms with Crippen molar-refractivity contribution in [2.45, 2.75) is 38.0 Å². The molecule has 4 rings (SSSR count). The highest BCUT2D eigenvalue weighted by Crippen LogP contribution is 2.24. The van der Waals surface area contributed by atoms with Crippen LogP contribution in [0.2, 0.25) is 0 Å². The highest BCUT2D eigenvalue weighted by molar-refractivity contribution is 5.80. The highest BCUT2D eigenvalue weighted by Gasteiger charge is 2.32. The van der Waals surface area contributed by atoms with E-state index in [4.69, 9.17) is 19.2 Å². The van der Waals surface area contributed by atoms with Crippen molar-refractivity contribution in [3.05, 3.63) is 35.6 Å². The first-order chi connectivity index (χ1) is 15.2. The fourth-order valence-electron chi connectivity index (χ4n) is 4.62. The van der Waals surface area contributed by atoms with E-state index in [1.54, 1.807) is 12.1 Å². The summed E-state index contributed by atoms with van der Waals surface area (Å²) in [6.45, 7) is 9.56. The van der Waals surface area contributed by atoms with Gasteiger partial charge in [-0.05, 0) is 37.5 Å². The Bertz CT molecular complexity index is 723. The van der Waals surface area contributed by atoms with Crippen LogP contribution in [0.5, 0.6) is 0 Å². The molecule has 1 aromatic rings. The van der Waals surface area contributed by atoms with Crippen molar-refractivity contribution in [1.82, 2.24) is 15.1 Å². The normalized spacial score (nSPS) is 26.8. The molecule has 3 saturated heterocycles. The van der Waals surface area contributed by atoms with Crippen molar-refractivity contribution in [3.63, 3.8) is 0 Å². The fourth-order valence-corrected chi connectivity index (χ4v) is 4.62. The largest absolute Gasteiger partial charge is 0.379 e. The number of benzene rings is 1. The molecule has 1 N–H and O–H groups in total. The summed E-state index contributed by atoms with van der Waals surface area (Å²) < 4.78 is 31.4. The van der Waals surface area contributed by atoms with Crippen LogP contribution in [-0.4, -0.2) is 93.7 Å². The molecule has 0 spiro atoms. The maximum atomic E-state index is 14.0. The van der Waals surface area contributed by atoms with Gasteiger partial charge in [-0.25, -0.2) is 4.39 Å². The van der Waals surface area contributed by atoms with Gasteiger partial charge in [0.05, 0.1) is 38.5 Å². The Balaban J connectivity index is 1.50. The zero-order chi connectivity index (χ0) is 21.5. The molecule has 0 radical (unpaired) electrons. The Morgan fingerprint density at radius 1 is 1.16 bits per heavy atom. The zero-order valence-corrected chi connectivity index (χ0v) is 18.5. The van der Waals surface area contributed by atoms with E-state index in [0.29, 0.717) is 26.4 Å². The Kier molecular flexibility index (Phi) is 8.13. The summed E-state index contributed by atoms with van der Waals surface area (Å²) in [5.74, 6) is 0.683. The van der Waals surface area contributed by atoms with Crippen molar-refractivity contribution >= 4 is 5.96 Å². The summed E-state index contributed by atoms with van der Waals surface area (Å²) in [5, 5.41) is 3.45. The Morgan fingerprint density at radius 2 is 2.00 bits per heavy atom. The second-order valence-corrected chi connectivity index (χ2v) is 8.32. The highest BCUT2D eigenvalue weighted by atomic mass is 19.1. The third-order valence-electron chi connectivity index (χ3n) is 6.24. The third kappa shape index (κ3) is 5.94. The number of nitrogens with one attached hydrogen (secondary N) is 1. The molecule has 3 aliphatic heterocycles. The van der Waals surface area contributed by atoms with Crippen LogP contribution in [0, 0.1) is 5.82 Å². The standard InChI is InChI=1S/C23H35FN4O3/c1-2-25-23(28-10-14-31-22(17-28)21-7-4-11-30-21)26-16-20(27-8-12-29-13-9-27)18-5-3-6-19(24)15-18/h3,5-6,15,20-22H,2,4,7-14,16-17H2,1H3,(H,25,26). The minimum Gasteiger partial charge on any atom is -0.379 e. The molecule has 3 fully saturated rings. The van der Waals surface area contributed by atoms with Crippen molar-refractivity contribution < 1.29 is 18.6 Å². The molecule has 3 aliphatic rings. The van der Waals surface area contributed by atoms with Gasteiger partial charge in [0.15, 0.2) is 5.96 Å². The quantitative estimate of drug-likeness (QED) is 0.546. The van der Waals surface area contributed by atoms with Gasteiger partial charge in [-0.15, -0.1) is 0 Å². The van der Waals surface area contributed by atoms with Crippen LogP contribution in [-0.2, 0) is 14.2 Å². The molecule has 3 heterocycles. The fraction of sp³-hybridized carbons (Fsp3) is 0.696. The lowest BCUT2D eigenvalue weighted by atomic mass is 10.0. The number of hydrogen-bond donors (Lipinski definition) is 1. The van der Waals surface area contributed by atoms with Crippen LogP contribution in [0.4, 0.5) is 4.39 Å². The SMILES string of the molecule is CCNC(=NCC(c1cccc(F)c1)N1CCOCC1)N1CCOC(C2CCCO2)C1. The maximum Gasteiger partial charge on any atom is 0.194 e. The van der Waals surface area contributed by atoms with E-state index < -0.39 is 0 Å². The van der Waals surface area contributed by atoms with Crippen molar-refractivity contribution in [2.75, 3.05) is 65.7 Å². The topological polar surface area (TPSA) is 58.6 Å². The van der Waals surface area contributed by atoms with Gasteiger partial charge in [0.1, 0.15) is 11.9 Å². The smallest absolute Gasteiger partial charge is 0.194 e. The van der Waals surface area contributed by atoms with Crippen LogP contribution in [0.15, 0.2) is 29.3 Å². The van der Waals surface area contributed by atoms with Gasteiger partial charge in [0, 0.05) is 39.3 Å². The average Bonchev–Trinajstić information content (AvgIpc) is 3.35. The molecule has 7 nitrogen and oxygen atoms in total. The van der Waals surface area contributed by atoms with E-state index in [9.17, 15) is 4.39 Å². The number of hydrogen-bond acceptors (Lipinski definition) is 5. The molecule has 172 valence electrons. The summed E-state index contributed by atoms with van der Waals surface area (Å²) >= 11 is 0. The van der Waals surface area contributed by atoms with E-state index >= 15 is 0 Å². The monoisotopic (exact) mass is 434 g/mol. The second-order valence-electron chi connectivity index (χ2n) is 8.32. The van der Waals surface area contributed by atoms with Crippen LogP contribution < -0.4 is 5.32 Å². The Hall–Kier alpha value is -1.74. The molecular formula is C23H35FN4O3. The first-order valence-electron chi connectivity index (χ1n) is 11.6. The summed E-state index contributed by atoms with van der Waals surface area (Å²) in [4.78, 5) is 9.64. The molecule has 0 amide bonds. The number of aliphatic imine (C=N–C) groups is 1. The predicted molar refractivity (Wildman–Crippen MR) is 118 cm³/mol. The van der Waals surface area contributed by atoms with E-state index in [1.807, 2.05) is 6.07 Å². The average molecular weight is 435 g/mol. The lowest BCUT2D eigenvalue weighted by Gasteiger charge is -2.38. The van der Waals surface area contributed by atoms with Crippen LogP contribution in [0.1, 0.15) is 31.4 Å². The summed E-state index contributed by atoms with van der Waals surface area (Å²) in [5.41, 5.74) is 0.959. The van der Waals surface area contributed by atoms with E-state index in [-0.39, 0.29) is 24.1 Å². The summed E-state index contributed by atoms with van der Waals surface area (Å²) in [6, 6.07) is 6.91. The van der Waals surface area contributed by atoms with Gasteiger partial charge in [0.25, 0.3) is 0 Å². The molecule has 1 aromatic carbocycles. The number of morpholine rings is 2. The first-order valence-corrected chi connectivity index (χ1v) is 11.6. The molecule has 0 aliphatic carbocycles. The lowest BCUT2D eigenvalue weighted by molar-refractivity contribution is -0.0817. The van der Waals surface area contributed by atoms with Crippen molar-refractivity contribution in [2.24, 2.45) is 4.99 Å². The Labute approximate surface area is 184 Å². The Morgan fingerprint density at radius 3 is 2.74 bits per heavy atom. The molecule has 0 saturated carbocycles. The molecule has 0 aromatic heterocycles. The van der Waals surface area contributed by atoms with E-state index in [0.717, 1.165) is 63.7 Å². The summed E-state index contributed by atoms with van der Waals surface area (Å²) in [7, 11) is 0. The minimum absolute atomic E-state index is 0.0169. The van der Waals surface area contributed by atoms with Gasteiger partial charge >= 0.3 is 0 Å². The number of halogens is 1. The number of ether oxygens (including phenoxy) is 3. The van der Waals surface area contributed by atoms with Crippen LogP contribution in [0.3, 0.4) is 0 Å². The zero-order valence-electron chi connectivity index (χ0n) is 18.5. The number of nitrogens with zero attached hydrogens (tertiary/aromatic N) is 3. The van der Waals surface area contributed by atoms with Gasteiger partial charge in [-0.1, -0.05) is 12.1 Å². The van der Waals surface area contributed by atoms with E-state index in [2.05, 4.69) is 22.0 Å². The number of guanidine groups is 1. The molecule has 3 atom stereocenters. The van der Waals surface area contributed by atoms with Gasteiger partial charge < -0.3 is 24.4 Å². The van der Waals surface area contributed by atoms with Crippen molar-refractivity contribution in [3.8, 4) is 0 Å². The second kappa shape index (κ2) is 11.2. The lowest BCUT2D eigenvalue weighted by Crippen LogP contribution is -2.53. The molecule has 0 bridgehead atoms. The molecular weight excluding hydrogens is 399 g/mol. The predicted octanol–water partition coefficient (Wildman–Crippen LogP) is 2.04. The maximum absolute atomic E-state index is 14.0. The summed E-state index contributed by atoms with van der Waals surface area (Å²) in [6.07, 6.45) is 2.43. The molecule has 3 unspecified atom stereocenters. The van der Waals surface area contributed by atoms with Gasteiger partial charge in [-0.2, -0.15) is 0 Å². The number of rotatable bonds is 6. The first kappa shape index (κ1) is 22.5. The van der Waals surface area contributed by atoms with Gasteiger partial charge in [0.2, 0.25) is 0 Å². The van der Waals surface area contributed by atoms with Crippen molar-refractivity contribution in [1.29, 1.82) is 0 Å². The molecule has 31 heavy (non-hydrogen) atoms. The van der Waals surface area contributed by atoms with Crippen LogP contribution >= 0.6 is 0 Å². The van der Waals surface area contributed by atoms with E-state index in [1.165, 1.54) is 6.07 Å². The van der Waals surface area contributed by atoms with Gasteiger partial charge in [-0.3, -0.25) is 9.89 Å². The third-order valence-corrected chi connectivity index (χ3v) is 6.24.